The Kier molecular flexibility index (Phi) is 4.41. The maximum Gasteiger partial charge on any atom is 0.308 e. The van der Waals surface area contributed by atoms with E-state index in [0.717, 1.165) is 6.07 Å². The van der Waals surface area contributed by atoms with Gasteiger partial charge in [0.05, 0.1) is 10.8 Å². The number of nitrogens with two attached hydrogens (primary N) is 1. The first-order valence-corrected chi connectivity index (χ1v) is 5.38. The molecule has 102 valence electrons. The predicted molar refractivity (Wildman–Crippen MR) is 66.6 cm³/mol. The van der Waals surface area contributed by atoms with Crippen molar-refractivity contribution in [3.8, 4) is 0 Å². The molecule has 0 bridgehead atoms. The number of hydrogen-bond acceptors (Lipinski definition) is 5. The maximum atomic E-state index is 11.7. The molecule has 0 radical (unpaired) electrons. The second kappa shape index (κ2) is 5.80. The van der Waals surface area contributed by atoms with Crippen molar-refractivity contribution in [2.24, 2.45) is 5.92 Å². The number of nitrogens with one attached hydrogen (secondary N) is 1. The second-order valence-corrected chi connectivity index (χ2v) is 3.98. The van der Waals surface area contributed by atoms with Gasteiger partial charge in [-0.3, -0.25) is 19.7 Å². The smallest absolute Gasteiger partial charge is 0.308 e. The Hall–Kier alpha value is -2.64. The third kappa shape index (κ3) is 3.66. The molecule has 0 heterocycles. The number of carbonyl (C=O) groups excluding carboxylic acids is 1. The Morgan fingerprint density at radius 3 is 2.68 bits per heavy atom. The topological polar surface area (TPSA) is 136 Å². The highest BCUT2D eigenvalue weighted by atomic mass is 16.6. The van der Waals surface area contributed by atoms with Crippen LogP contribution in [0.15, 0.2) is 18.2 Å². The largest absolute Gasteiger partial charge is 0.481 e. The first-order chi connectivity index (χ1) is 8.82. The van der Waals surface area contributed by atoms with E-state index in [-0.39, 0.29) is 23.5 Å². The number of carbonyl (C=O) groups is 2. The average Bonchev–Trinajstić information content (AvgIpc) is 2.35. The Labute approximate surface area is 108 Å². The summed E-state index contributed by atoms with van der Waals surface area (Å²) in [5.74, 6) is -2.37. The molecule has 0 spiro atoms. The molecule has 0 saturated heterocycles. The fourth-order valence-electron chi connectivity index (χ4n) is 1.28. The van der Waals surface area contributed by atoms with E-state index in [1.165, 1.54) is 19.1 Å². The van der Waals surface area contributed by atoms with Gasteiger partial charge in [0.15, 0.2) is 0 Å². The van der Waals surface area contributed by atoms with Gasteiger partial charge in [0.1, 0.15) is 5.69 Å². The van der Waals surface area contributed by atoms with Gasteiger partial charge in [0.2, 0.25) is 0 Å². The molecule has 0 saturated carbocycles. The molecule has 0 aliphatic rings. The van der Waals surface area contributed by atoms with Crippen LogP contribution in [-0.2, 0) is 4.79 Å². The number of benzene rings is 1. The van der Waals surface area contributed by atoms with Gasteiger partial charge >= 0.3 is 5.97 Å². The van der Waals surface area contributed by atoms with Gasteiger partial charge in [-0.25, -0.2) is 0 Å². The van der Waals surface area contributed by atoms with Crippen molar-refractivity contribution in [2.45, 2.75) is 6.92 Å². The number of nitro groups is 1. The van der Waals surface area contributed by atoms with E-state index < -0.39 is 22.7 Å². The molecule has 0 aliphatic heterocycles. The Morgan fingerprint density at radius 1 is 1.53 bits per heavy atom. The van der Waals surface area contributed by atoms with Crippen molar-refractivity contribution in [1.82, 2.24) is 5.32 Å². The molecule has 1 rings (SSSR count). The standard InChI is InChI=1S/C11H13N3O5/c1-6(11(16)17)5-13-10(15)7-2-3-8(12)9(4-7)14(18)19/h2-4,6H,5,12H2,1H3,(H,13,15)(H,16,17). The maximum absolute atomic E-state index is 11.7. The minimum atomic E-state index is -1.04. The van der Waals surface area contributed by atoms with Crippen LogP contribution in [0.2, 0.25) is 0 Å². The Bertz CT molecular complexity index is 529. The summed E-state index contributed by atoms with van der Waals surface area (Å²) in [5, 5.41) is 21.7. The summed E-state index contributed by atoms with van der Waals surface area (Å²) >= 11 is 0. The van der Waals surface area contributed by atoms with E-state index in [1.54, 1.807) is 0 Å². The van der Waals surface area contributed by atoms with Gasteiger partial charge in [-0.1, -0.05) is 6.92 Å². The molecule has 0 aliphatic carbocycles. The first kappa shape index (κ1) is 14.4. The van der Waals surface area contributed by atoms with Gasteiger partial charge in [0.25, 0.3) is 11.6 Å². The summed E-state index contributed by atoms with van der Waals surface area (Å²) < 4.78 is 0. The quantitative estimate of drug-likeness (QED) is 0.406. The molecular formula is C11H13N3O5. The fraction of sp³-hybridized carbons (Fsp3) is 0.273. The summed E-state index contributed by atoms with van der Waals surface area (Å²) in [4.78, 5) is 32.2. The minimum absolute atomic E-state index is 0.0412. The number of nitro benzene ring substituents is 1. The van der Waals surface area contributed by atoms with E-state index in [0.29, 0.717) is 0 Å². The summed E-state index contributed by atoms with van der Waals surface area (Å²) in [6, 6.07) is 3.65. The van der Waals surface area contributed by atoms with Crippen molar-refractivity contribution in [1.29, 1.82) is 0 Å². The van der Waals surface area contributed by atoms with Gasteiger partial charge in [0, 0.05) is 18.2 Å². The number of nitrogens with zero attached hydrogens (tertiary/aromatic N) is 1. The molecule has 1 amide bonds. The monoisotopic (exact) mass is 267 g/mol. The molecular weight excluding hydrogens is 254 g/mol. The zero-order valence-corrected chi connectivity index (χ0v) is 10.1. The van der Waals surface area contributed by atoms with Crippen LogP contribution in [0.25, 0.3) is 0 Å². The number of hydrogen-bond donors (Lipinski definition) is 3. The lowest BCUT2D eigenvalue weighted by Gasteiger charge is -2.08. The number of amides is 1. The van der Waals surface area contributed by atoms with Crippen LogP contribution in [0.1, 0.15) is 17.3 Å². The normalized spacial score (nSPS) is 11.6. The highest BCUT2D eigenvalue weighted by molar-refractivity contribution is 5.95. The molecule has 0 fully saturated rings. The van der Waals surface area contributed by atoms with Gasteiger partial charge < -0.3 is 16.2 Å². The van der Waals surface area contributed by atoms with Gasteiger partial charge in [-0.15, -0.1) is 0 Å². The number of rotatable bonds is 5. The Balaban J connectivity index is 2.80. The van der Waals surface area contributed by atoms with Crippen LogP contribution < -0.4 is 11.1 Å². The lowest BCUT2D eigenvalue weighted by Crippen LogP contribution is -2.31. The van der Waals surface area contributed by atoms with Crippen molar-refractivity contribution >= 4 is 23.3 Å². The van der Waals surface area contributed by atoms with Crippen LogP contribution in [0.3, 0.4) is 0 Å². The summed E-state index contributed by atoms with van der Waals surface area (Å²) in [6.07, 6.45) is 0. The molecule has 4 N–H and O–H groups in total. The SMILES string of the molecule is CC(CNC(=O)c1ccc(N)c([N+](=O)[O-])c1)C(=O)O. The van der Waals surface area contributed by atoms with Gasteiger partial charge in [-0.05, 0) is 12.1 Å². The zero-order chi connectivity index (χ0) is 14.6. The lowest BCUT2D eigenvalue weighted by atomic mass is 10.1. The van der Waals surface area contributed by atoms with Crippen LogP contribution >= 0.6 is 0 Å². The highest BCUT2D eigenvalue weighted by Gasteiger charge is 2.17. The van der Waals surface area contributed by atoms with Crippen LogP contribution in [0.4, 0.5) is 11.4 Å². The van der Waals surface area contributed by atoms with Crippen LogP contribution in [-0.4, -0.2) is 28.5 Å². The Morgan fingerprint density at radius 2 is 2.16 bits per heavy atom. The van der Waals surface area contributed by atoms with E-state index in [9.17, 15) is 19.7 Å². The number of anilines is 1. The third-order valence-electron chi connectivity index (χ3n) is 2.48. The van der Waals surface area contributed by atoms with E-state index >= 15 is 0 Å². The van der Waals surface area contributed by atoms with Crippen molar-refractivity contribution in [2.75, 3.05) is 12.3 Å². The average molecular weight is 267 g/mol. The summed E-state index contributed by atoms with van der Waals surface area (Å²) in [6.45, 7) is 1.38. The summed E-state index contributed by atoms with van der Waals surface area (Å²) in [5.41, 5.74) is 5.05. The van der Waals surface area contributed by atoms with Crippen LogP contribution in [0.5, 0.6) is 0 Å². The molecule has 1 unspecified atom stereocenters. The van der Waals surface area contributed by atoms with Crippen molar-refractivity contribution in [3.63, 3.8) is 0 Å². The number of carboxylic acids is 1. The number of aliphatic carboxylic acids is 1. The molecule has 1 aromatic rings. The fourth-order valence-corrected chi connectivity index (χ4v) is 1.28. The van der Waals surface area contributed by atoms with E-state index in [1.807, 2.05) is 0 Å². The molecule has 8 nitrogen and oxygen atoms in total. The molecule has 19 heavy (non-hydrogen) atoms. The number of carboxylic acid groups (broad SMARTS) is 1. The van der Waals surface area contributed by atoms with Gasteiger partial charge in [-0.2, -0.15) is 0 Å². The molecule has 1 aromatic carbocycles. The minimum Gasteiger partial charge on any atom is -0.481 e. The lowest BCUT2D eigenvalue weighted by molar-refractivity contribution is -0.383. The molecule has 0 aromatic heterocycles. The molecule has 1 atom stereocenters. The summed E-state index contributed by atoms with van der Waals surface area (Å²) in [7, 11) is 0. The number of nitrogen functional groups attached to an aromatic ring is 1. The van der Waals surface area contributed by atoms with Crippen molar-refractivity contribution < 1.29 is 19.6 Å². The second-order valence-electron chi connectivity index (χ2n) is 3.98. The highest BCUT2D eigenvalue weighted by Crippen LogP contribution is 2.22. The molecule has 8 heteroatoms. The first-order valence-electron chi connectivity index (χ1n) is 5.38. The van der Waals surface area contributed by atoms with Crippen LogP contribution in [0, 0.1) is 16.0 Å². The van der Waals surface area contributed by atoms with E-state index in [2.05, 4.69) is 5.32 Å². The van der Waals surface area contributed by atoms with Crippen molar-refractivity contribution in [3.05, 3.63) is 33.9 Å². The third-order valence-corrected chi connectivity index (χ3v) is 2.48. The predicted octanol–water partition coefficient (Wildman–Crippen LogP) is 0.627. The zero-order valence-electron chi connectivity index (χ0n) is 10.1. The van der Waals surface area contributed by atoms with E-state index in [4.69, 9.17) is 10.8 Å².